The zero-order valence-electron chi connectivity index (χ0n) is 7.18. The van der Waals surface area contributed by atoms with Crippen LogP contribution in [0.1, 0.15) is 33.1 Å². The third-order valence-corrected chi connectivity index (χ3v) is 3.08. The fourth-order valence-electron chi connectivity index (χ4n) is 2.46. The molecule has 2 rings (SSSR count). The van der Waals surface area contributed by atoms with Crippen LogP contribution in [0.3, 0.4) is 0 Å². The van der Waals surface area contributed by atoms with Crippen LogP contribution in [0.25, 0.3) is 0 Å². The van der Waals surface area contributed by atoms with Gasteiger partial charge in [0.25, 0.3) is 0 Å². The van der Waals surface area contributed by atoms with E-state index in [0.29, 0.717) is 11.7 Å². The SMILES string of the molecule is CC1(C)CC(=O)C2=CCCC21. The van der Waals surface area contributed by atoms with Crippen molar-refractivity contribution >= 4 is 5.78 Å². The number of carbonyl (C=O) groups is 1. The minimum absolute atomic E-state index is 0.249. The van der Waals surface area contributed by atoms with Crippen LogP contribution < -0.4 is 0 Å². The van der Waals surface area contributed by atoms with Crippen LogP contribution in [0.4, 0.5) is 0 Å². The smallest absolute Gasteiger partial charge is 0.159 e. The first-order valence-electron chi connectivity index (χ1n) is 4.34. The lowest BCUT2D eigenvalue weighted by Crippen LogP contribution is -2.15. The van der Waals surface area contributed by atoms with Crippen molar-refractivity contribution in [2.45, 2.75) is 33.1 Å². The van der Waals surface area contributed by atoms with Crippen LogP contribution >= 0.6 is 0 Å². The second kappa shape index (κ2) is 1.96. The van der Waals surface area contributed by atoms with E-state index < -0.39 is 0 Å². The number of allylic oxidation sites excluding steroid dienone is 2. The number of Topliss-reactive ketones (excluding diaryl/α,β-unsaturated/α-hetero) is 1. The summed E-state index contributed by atoms with van der Waals surface area (Å²) in [6.07, 6.45) is 5.23. The standard InChI is InChI=1S/C10H14O/c1-10(2)6-9(11)7-4-3-5-8(7)10/h4,8H,3,5-6H2,1-2H3. The molecule has 1 atom stereocenters. The molecular formula is C10H14O. The van der Waals surface area contributed by atoms with Gasteiger partial charge < -0.3 is 0 Å². The van der Waals surface area contributed by atoms with Crippen molar-refractivity contribution in [1.29, 1.82) is 0 Å². The first-order valence-corrected chi connectivity index (χ1v) is 4.34. The Labute approximate surface area is 67.5 Å². The Morgan fingerprint density at radius 3 is 2.91 bits per heavy atom. The lowest BCUT2D eigenvalue weighted by Gasteiger charge is -2.23. The Kier molecular flexibility index (Phi) is 1.26. The van der Waals surface area contributed by atoms with Gasteiger partial charge in [-0.05, 0) is 29.7 Å². The van der Waals surface area contributed by atoms with Gasteiger partial charge in [-0.1, -0.05) is 19.9 Å². The Morgan fingerprint density at radius 2 is 2.27 bits per heavy atom. The molecule has 1 heteroatoms. The van der Waals surface area contributed by atoms with Crippen molar-refractivity contribution in [3.8, 4) is 0 Å². The highest BCUT2D eigenvalue weighted by Crippen LogP contribution is 2.49. The van der Waals surface area contributed by atoms with E-state index in [1.54, 1.807) is 0 Å². The first kappa shape index (κ1) is 7.08. The number of fused-ring (bicyclic) bond motifs is 1. The largest absolute Gasteiger partial charge is 0.295 e. The van der Waals surface area contributed by atoms with E-state index in [0.717, 1.165) is 18.4 Å². The zero-order chi connectivity index (χ0) is 8.06. The van der Waals surface area contributed by atoms with E-state index in [9.17, 15) is 4.79 Å². The monoisotopic (exact) mass is 150 g/mol. The predicted octanol–water partition coefficient (Wildman–Crippen LogP) is 2.32. The molecule has 0 heterocycles. The van der Waals surface area contributed by atoms with Crippen LogP contribution in [0.15, 0.2) is 11.6 Å². The van der Waals surface area contributed by atoms with Crippen LogP contribution in [0.5, 0.6) is 0 Å². The molecule has 1 unspecified atom stereocenters. The molecule has 0 amide bonds. The van der Waals surface area contributed by atoms with Crippen LogP contribution in [0, 0.1) is 11.3 Å². The highest BCUT2D eigenvalue weighted by molar-refractivity contribution is 5.99. The minimum atomic E-state index is 0.249. The van der Waals surface area contributed by atoms with Gasteiger partial charge in [-0.15, -0.1) is 0 Å². The van der Waals surface area contributed by atoms with Gasteiger partial charge in [0.2, 0.25) is 0 Å². The average Bonchev–Trinajstić information content (AvgIpc) is 2.37. The molecule has 0 aromatic heterocycles. The van der Waals surface area contributed by atoms with Crippen molar-refractivity contribution in [3.63, 3.8) is 0 Å². The molecule has 0 N–H and O–H groups in total. The number of hydrogen-bond acceptors (Lipinski definition) is 1. The summed E-state index contributed by atoms with van der Waals surface area (Å²) in [5, 5.41) is 0. The van der Waals surface area contributed by atoms with Gasteiger partial charge in [0, 0.05) is 6.42 Å². The van der Waals surface area contributed by atoms with Crippen molar-refractivity contribution in [2.75, 3.05) is 0 Å². The summed E-state index contributed by atoms with van der Waals surface area (Å²) in [6.45, 7) is 4.42. The van der Waals surface area contributed by atoms with Crippen molar-refractivity contribution in [1.82, 2.24) is 0 Å². The van der Waals surface area contributed by atoms with Gasteiger partial charge in [-0.25, -0.2) is 0 Å². The first-order chi connectivity index (χ1) is 5.11. The predicted molar refractivity (Wildman–Crippen MR) is 44.2 cm³/mol. The summed E-state index contributed by atoms with van der Waals surface area (Å²) in [6, 6.07) is 0. The van der Waals surface area contributed by atoms with E-state index in [1.165, 1.54) is 6.42 Å². The molecule has 2 aliphatic carbocycles. The number of ketones is 1. The van der Waals surface area contributed by atoms with Gasteiger partial charge in [0.15, 0.2) is 5.78 Å². The average molecular weight is 150 g/mol. The Morgan fingerprint density at radius 1 is 1.55 bits per heavy atom. The summed E-state index contributed by atoms with van der Waals surface area (Å²) in [5.74, 6) is 0.979. The summed E-state index contributed by atoms with van der Waals surface area (Å²) in [5.41, 5.74) is 1.38. The molecule has 60 valence electrons. The second-order valence-electron chi connectivity index (χ2n) is 4.38. The summed E-state index contributed by atoms with van der Waals surface area (Å²) >= 11 is 0. The molecule has 0 bridgehead atoms. The molecule has 1 saturated carbocycles. The Hall–Kier alpha value is -0.590. The molecule has 0 radical (unpaired) electrons. The molecule has 0 spiro atoms. The topological polar surface area (TPSA) is 17.1 Å². The molecule has 11 heavy (non-hydrogen) atoms. The maximum atomic E-state index is 11.4. The molecule has 0 aromatic rings. The maximum Gasteiger partial charge on any atom is 0.159 e. The Balaban J connectivity index is 2.38. The van der Waals surface area contributed by atoms with E-state index in [1.807, 2.05) is 0 Å². The third-order valence-electron chi connectivity index (χ3n) is 3.08. The third kappa shape index (κ3) is 0.867. The van der Waals surface area contributed by atoms with Crippen LogP contribution in [-0.4, -0.2) is 5.78 Å². The summed E-state index contributed by atoms with van der Waals surface area (Å²) in [4.78, 5) is 11.4. The summed E-state index contributed by atoms with van der Waals surface area (Å²) < 4.78 is 0. The Bertz CT molecular complexity index is 235. The molecule has 0 aromatic carbocycles. The number of hydrogen-bond donors (Lipinski definition) is 0. The maximum absolute atomic E-state index is 11.4. The minimum Gasteiger partial charge on any atom is -0.295 e. The van der Waals surface area contributed by atoms with Gasteiger partial charge in [0.05, 0.1) is 0 Å². The van der Waals surface area contributed by atoms with Gasteiger partial charge >= 0.3 is 0 Å². The fraction of sp³-hybridized carbons (Fsp3) is 0.700. The molecular weight excluding hydrogens is 136 g/mol. The van der Waals surface area contributed by atoms with Crippen LogP contribution in [-0.2, 0) is 4.79 Å². The van der Waals surface area contributed by atoms with E-state index >= 15 is 0 Å². The highest BCUT2D eigenvalue weighted by Gasteiger charge is 2.44. The molecule has 0 saturated heterocycles. The fourth-order valence-corrected chi connectivity index (χ4v) is 2.46. The van der Waals surface area contributed by atoms with Gasteiger partial charge in [0.1, 0.15) is 0 Å². The number of carbonyl (C=O) groups excluding carboxylic acids is 1. The number of rotatable bonds is 0. The van der Waals surface area contributed by atoms with E-state index in [4.69, 9.17) is 0 Å². The molecule has 2 aliphatic rings. The lowest BCUT2D eigenvalue weighted by molar-refractivity contribution is -0.115. The van der Waals surface area contributed by atoms with Crippen molar-refractivity contribution < 1.29 is 4.79 Å². The van der Waals surface area contributed by atoms with Crippen molar-refractivity contribution in [3.05, 3.63) is 11.6 Å². The molecule has 1 fully saturated rings. The van der Waals surface area contributed by atoms with Gasteiger partial charge in [-0.3, -0.25) is 4.79 Å². The summed E-state index contributed by atoms with van der Waals surface area (Å²) in [7, 11) is 0. The molecule has 1 nitrogen and oxygen atoms in total. The van der Waals surface area contributed by atoms with Crippen molar-refractivity contribution in [2.24, 2.45) is 11.3 Å². The normalized spacial score (nSPS) is 33.8. The van der Waals surface area contributed by atoms with Crippen LogP contribution in [0.2, 0.25) is 0 Å². The van der Waals surface area contributed by atoms with Gasteiger partial charge in [-0.2, -0.15) is 0 Å². The second-order valence-corrected chi connectivity index (χ2v) is 4.38. The zero-order valence-corrected chi connectivity index (χ0v) is 7.18. The van der Waals surface area contributed by atoms with E-state index in [2.05, 4.69) is 19.9 Å². The highest BCUT2D eigenvalue weighted by atomic mass is 16.1. The lowest BCUT2D eigenvalue weighted by atomic mass is 9.80. The molecule has 0 aliphatic heterocycles. The van der Waals surface area contributed by atoms with E-state index in [-0.39, 0.29) is 5.41 Å². The quantitative estimate of drug-likeness (QED) is 0.518.